The Hall–Kier alpha value is -3.50. The van der Waals surface area contributed by atoms with Crippen LogP contribution in [0, 0.1) is 0 Å². The number of fused-ring (bicyclic) bond motifs is 3. The van der Waals surface area contributed by atoms with Crippen LogP contribution in [0.3, 0.4) is 0 Å². The molecule has 142 valence electrons. The summed E-state index contributed by atoms with van der Waals surface area (Å²) in [5.41, 5.74) is 1.06. The Balaban J connectivity index is 1.87. The monoisotopic (exact) mass is 402 g/mol. The molecule has 0 unspecified atom stereocenters. The normalized spacial score (nSPS) is 11.4. The van der Waals surface area contributed by atoms with E-state index in [9.17, 15) is 14.4 Å². The van der Waals surface area contributed by atoms with Gasteiger partial charge in [-0.05, 0) is 60.3 Å². The van der Waals surface area contributed by atoms with Gasteiger partial charge in [-0.3, -0.25) is 9.59 Å². The smallest absolute Gasteiger partial charge is 0.347 e. The summed E-state index contributed by atoms with van der Waals surface area (Å²) >= 11 is 5.87. The molecule has 1 heterocycles. The fourth-order valence-electron chi connectivity index (χ4n) is 3.24. The predicted molar refractivity (Wildman–Crippen MR) is 115 cm³/mol. The number of carbonyl (C=O) groups is 2. The number of benzene rings is 3. The first-order chi connectivity index (χ1) is 13.9. The highest BCUT2D eigenvalue weighted by Crippen LogP contribution is 2.29. The van der Waals surface area contributed by atoms with Crippen molar-refractivity contribution in [3.8, 4) is 0 Å². The molecule has 0 N–H and O–H groups in total. The summed E-state index contributed by atoms with van der Waals surface area (Å²) in [6.07, 6.45) is 3.21. The molecule has 0 saturated heterocycles. The second-order valence-electron chi connectivity index (χ2n) is 6.64. The highest BCUT2D eigenvalue weighted by atomic mass is 35.5. The molecule has 0 saturated carbocycles. The van der Waals surface area contributed by atoms with Gasteiger partial charge in [-0.2, -0.15) is 0 Å². The maximum Gasteiger partial charge on any atom is 0.347 e. The van der Waals surface area contributed by atoms with Crippen LogP contribution in [0.4, 0.5) is 0 Å². The Morgan fingerprint density at radius 3 is 2.34 bits per heavy atom. The first-order valence-electron chi connectivity index (χ1n) is 8.92. The molecular formula is C24H15ClO4. The molecule has 0 aliphatic rings. The number of carbonyl (C=O) groups excluding carboxylic acids is 2. The third-order valence-electron chi connectivity index (χ3n) is 4.69. The van der Waals surface area contributed by atoms with Crippen LogP contribution in [0.25, 0.3) is 27.8 Å². The Morgan fingerprint density at radius 1 is 0.966 bits per heavy atom. The molecule has 29 heavy (non-hydrogen) atoms. The lowest BCUT2D eigenvalue weighted by Crippen LogP contribution is -2.11. The second kappa shape index (κ2) is 7.49. The summed E-state index contributed by atoms with van der Waals surface area (Å²) in [5, 5.41) is 2.75. The van der Waals surface area contributed by atoms with E-state index in [0.717, 1.165) is 16.3 Å². The molecule has 0 spiro atoms. The third-order valence-corrected chi connectivity index (χ3v) is 4.94. The summed E-state index contributed by atoms with van der Waals surface area (Å²) in [6.45, 7) is 1.32. The molecule has 0 atom stereocenters. The van der Waals surface area contributed by atoms with E-state index in [1.165, 1.54) is 19.1 Å². The van der Waals surface area contributed by atoms with Gasteiger partial charge in [-0.1, -0.05) is 41.9 Å². The van der Waals surface area contributed by atoms with Crippen molar-refractivity contribution in [3.63, 3.8) is 0 Å². The van der Waals surface area contributed by atoms with Crippen molar-refractivity contribution < 1.29 is 14.0 Å². The van der Waals surface area contributed by atoms with Crippen LogP contribution >= 0.6 is 11.6 Å². The van der Waals surface area contributed by atoms with Crippen molar-refractivity contribution in [2.24, 2.45) is 0 Å². The Morgan fingerprint density at radius 2 is 1.66 bits per heavy atom. The first kappa shape index (κ1) is 18.8. The van der Waals surface area contributed by atoms with Gasteiger partial charge in [-0.15, -0.1) is 0 Å². The van der Waals surface area contributed by atoms with Crippen molar-refractivity contribution >= 4 is 51.0 Å². The number of allylic oxidation sites excluding steroid dienone is 1. The van der Waals surface area contributed by atoms with Gasteiger partial charge < -0.3 is 4.42 Å². The van der Waals surface area contributed by atoms with E-state index in [-0.39, 0.29) is 17.1 Å². The van der Waals surface area contributed by atoms with Gasteiger partial charge in [0.25, 0.3) is 0 Å². The fourth-order valence-corrected chi connectivity index (χ4v) is 3.37. The highest BCUT2D eigenvalue weighted by molar-refractivity contribution is 6.30. The number of halogens is 1. The Labute approximate surface area is 171 Å². The average molecular weight is 403 g/mol. The van der Waals surface area contributed by atoms with Crippen LogP contribution in [0.15, 0.2) is 76.0 Å². The van der Waals surface area contributed by atoms with Crippen LogP contribution < -0.4 is 5.63 Å². The van der Waals surface area contributed by atoms with E-state index in [4.69, 9.17) is 16.0 Å². The zero-order chi connectivity index (χ0) is 20.5. The summed E-state index contributed by atoms with van der Waals surface area (Å²) in [6, 6.07) is 17.4. The topological polar surface area (TPSA) is 64.3 Å². The first-order valence-corrected chi connectivity index (χ1v) is 9.30. The van der Waals surface area contributed by atoms with E-state index >= 15 is 0 Å². The van der Waals surface area contributed by atoms with E-state index < -0.39 is 5.63 Å². The minimum absolute atomic E-state index is 0.0000450. The summed E-state index contributed by atoms with van der Waals surface area (Å²) in [4.78, 5) is 36.4. The predicted octanol–water partition coefficient (Wildman–Crippen LogP) is 5.70. The molecule has 0 amide bonds. The van der Waals surface area contributed by atoms with E-state index in [1.54, 1.807) is 36.4 Å². The lowest BCUT2D eigenvalue weighted by atomic mass is 9.99. The second-order valence-corrected chi connectivity index (χ2v) is 7.07. The summed E-state index contributed by atoms with van der Waals surface area (Å²) in [5.74, 6) is -0.515. The van der Waals surface area contributed by atoms with Crippen LogP contribution in [0.5, 0.6) is 0 Å². The van der Waals surface area contributed by atoms with Crippen molar-refractivity contribution in [1.29, 1.82) is 0 Å². The van der Waals surface area contributed by atoms with Crippen molar-refractivity contribution in [2.75, 3.05) is 0 Å². The van der Waals surface area contributed by atoms with Crippen LogP contribution in [-0.2, 0) is 0 Å². The van der Waals surface area contributed by atoms with Crippen molar-refractivity contribution in [1.82, 2.24) is 0 Å². The quantitative estimate of drug-likeness (QED) is 0.190. The zero-order valence-electron chi connectivity index (χ0n) is 15.4. The van der Waals surface area contributed by atoms with E-state index in [1.807, 2.05) is 24.3 Å². The largest absolute Gasteiger partial charge is 0.422 e. The van der Waals surface area contributed by atoms with Crippen molar-refractivity contribution in [2.45, 2.75) is 6.92 Å². The molecule has 0 aliphatic heterocycles. The maximum atomic E-state index is 12.5. The molecule has 1 aromatic heterocycles. The lowest BCUT2D eigenvalue weighted by molar-refractivity contribution is 0.101. The molecule has 0 fully saturated rings. The fraction of sp³-hybridized carbons (Fsp3) is 0.0417. The number of ketones is 2. The minimum Gasteiger partial charge on any atom is -0.422 e. The number of hydrogen-bond acceptors (Lipinski definition) is 4. The molecule has 0 bridgehead atoms. The molecule has 4 aromatic rings. The standard InChI is InChI=1S/C24H15ClO4/c1-14(26)21-13-17-12-16(8-11-22(27)15-6-9-18(25)10-7-15)19-4-2-3-5-20(19)23(17)29-24(21)28/h2-13H,1H3/b11-8+. The van der Waals surface area contributed by atoms with Gasteiger partial charge in [0.2, 0.25) is 0 Å². The highest BCUT2D eigenvalue weighted by Gasteiger charge is 2.13. The van der Waals surface area contributed by atoms with E-state index in [2.05, 4.69) is 0 Å². The number of hydrogen-bond donors (Lipinski definition) is 0. The van der Waals surface area contributed by atoms with Gasteiger partial charge in [0.05, 0.1) is 0 Å². The zero-order valence-corrected chi connectivity index (χ0v) is 16.2. The molecule has 4 rings (SSSR count). The Bertz CT molecular complexity index is 1360. The summed E-state index contributed by atoms with van der Waals surface area (Å²) in [7, 11) is 0. The number of rotatable bonds is 4. The molecule has 0 radical (unpaired) electrons. The van der Waals surface area contributed by atoms with Gasteiger partial charge in [0.1, 0.15) is 11.1 Å². The van der Waals surface area contributed by atoms with E-state index in [0.29, 0.717) is 21.6 Å². The third kappa shape index (κ3) is 3.62. The van der Waals surface area contributed by atoms with Gasteiger partial charge in [0.15, 0.2) is 11.6 Å². The molecule has 0 aliphatic carbocycles. The molecule has 4 nitrogen and oxygen atoms in total. The van der Waals surface area contributed by atoms with Crippen LogP contribution in [0.2, 0.25) is 5.02 Å². The number of Topliss-reactive ketones (excluding diaryl/α,β-unsaturated/α-hetero) is 1. The lowest BCUT2D eigenvalue weighted by Gasteiger charge is -2.07. The molecule has 5 heteroatoms. The van der Waals surface area contributed by atoms with Crippen molar-refractivity contribution in [3.05, 3.63) is 98.9 Å². The molecular weight excluding hydrogens is 388 g/mol. The van der Waals surface area contributed by atoms with Crippen LogP contribution in [0.1, 0.15) is 33.2 Å². The van der Waals surface area contributed by atoms with Gasteiger partial charge in [0, 0.05) is 21.4 Å². The van der Waals surface area contributed by atoms with Gasteiger partial charge in [-0.25, -0.2) is 4.79 Å². The SMILES string of the molecule is CC(=O)c1cc2cc(/C=C/C(=O)c3ccc(Cl)cc3)c3ccccc3c2oc1=O. The van der Waals surface area contributed by atoms with Gasteiger partial charge >= 0.3 is 5.63 Å². The summed E-state index contributed by atoms with van der Waals surface area (Å²) < 4.78 is 5.45. The average Bonchev–Trinajstić information content (AvgIpc) is 2.72. The minimum atomic E-state index is -0.656. The maximum absolute atomic E-state index is 12.5. The molecule has 3 aromatic carbocycles. The Kier molecular flexibility index (Phi) is 4.87. The van der Waals surface area contributed by atoms with Crippen LogP contribution in [-0.4, -0.2) is 11.6 Å².